The molecule has 1 aliphatic rings. The van der Waals surface area contributed by atoms with Gasteiger partial charge in [-0.15, -0.1) is 0 Å². The van der Waals surface area contributed by atoms with Crippen LogP contribution in [0.25, 0.3) is 11.1 Å². The number of aromatic nitrogens is 2. The lowest BCUT2D eigenvalue weighted by Crippen LogP contribution is -2.34. The summed E-state index contributed by atoms with van der Waals surface area (Å²) in [7, 11) is 1.81. The van der Waals surface area contributed by atoms with Gasteiger partial charge in [0.2, 0.25) is 5.95 Å². The quantitative estimate of drug-likeness (QED) is 0.799. The Kier molecular flexibility index (Phi) is 3.28. The average molecular weight is 289 g/mol. The molecular formula is C15H23N5O. The molecule has 1 atom stereocenters. The Morgan fingerprint density at radius 3 is 2.81 bits per heavy atom. The molecular weight excluding hydrogens is 266 g/mol. The first-order valence-corrected chi connectivity index (χ1v) is 7.46. The summed E-state index contributed by atoms with van der Waals surface area (Å²) in [5.74, 6) is 2.47. The predicted octanol–water partition coefficient (Wildman–Crippen LogP) is 2.04. The molecule has 21 heavy (non-hydrogen) atoms. The molecule has 114 valence electrons. The van der Waals surface area contributed by atoms with Gasteiger partial charge in [-0.25, -0.2) is 4.98 Å². The Balaban J connectivity index is 2.21. The van der Waals surface area contributed by atoms with E-state index >= 15 is 0 Å². The summed E-state index contributed by atoms with van der Waals surface area (Å²) in [4.78, 5) is 8.61. The molecule has 0 fully saturated rings. The van der Waals surface area contributed by atoms with E-state index in [1.165, 1.54) is 5.56 Å². The number of nitrogens with one attached hydrogen (secondary N) is 1. The van der Waals surface area contributed by atoms with Crippen LogP contribution in [0, 0.1) is 5.92 Å². The molecule has 2 aromatic heterocycles. The lowest BCUT2D eigenvalue weighted by atomic mass is 9.67. The van der Waals surface area contributed by atoms with Gasteiger partial charge in [-0.2, -0.15) is 4.98 Å². The van der Waals surface area contributed by atoms with Crippen molar-refractivity contribution in [3.8, 4) is 0 Å². The molecule has 0 spiro atoms. The number of aryl methyl sites for hydroxylation is 1. The van der Waals surface area contributed by atoms with Gasteiger partial charge in [0.05, 0.1) is 0 Å². The van der Waals surface area contributed by atoms with Crippen LogP contribution in [0.15, 0.2) is 4.42 Å². The van der Waals surface area contributed by atoms with Gasteiger partial charge < -0.3 is 21.2 Å². The zero-order valence-corrected chi connectivity index (χ0v) is 12.9. The van der Waals surface area contributed by atoms with Crippen LogP contribution < -0.4 is 16.8 Å². The van der Waals surface area contributed by atoms with Crippen LogP contribution in [-0.2, 0) is 11.8 Å². The molecule has 0 saturated heterocycles. The van der Waals surface area contributed by atoms with Gasteiger partial charge in [0.1, 0.15) is 11.3 Å². The highest BCUT2D eigenvalue weighted by Crippen LogP contribution is 2.46. The van der Waals surface area contributed by atoms with Crippen LogP contribution in [0.3, 0.4) is 0 Å². The molecule has 0 aromatic carbocycles. The molecule has 2 aromatic rings. The summed E-state index contributed by atoms with van der Waals surface area (Å²) >= 11 is 0. The Labute approximate surface area is 124 Å². The number of nitrogens with two attached hydrogens (primary N) is 2. The van der Waals surface area contributed by atoms with Crippen LogP contribution in [0.5, 0.6) is 0 Å². The number of hydrogen-bond acceptors (Lipinski definition) is 6. The molecule has 0 radical (unpaired) electrons. The molecule has 3 rings (SSSR count). The summed E-state index contributed by atoms with van der Waals surface area (Å²) in [6.45, 7) is 5.16. The molecule has 1 aliphatic carbocycles. The number of rotatable bonds is 3. The molecule has 0 saturated carbocycles. The third-order valence-electron chi connectivity index (χ3n) is 4.75. The van der Waals surface area contributed by atoms with Crippen LogP contribution >= 0.6 is 0 Å². The highest BCUT2D eigenvalue weighted by atomic mass is 16.3. The molecule has 1 unspecified atom stereocenters. The number of nitrogen functional groups attached to an aromatic ring is 1. The van der Waals surface area contributed by atoms with Gasteiger partial charge in [0, 0.05) is 18.0 Å². The molecule has 5 N–H and O–H groups in total. The van der Waals surface area contributed by atoms with Gasteiger partial charge in [0.25, 0.3) is 0 Å². The number of hydrogen-bond donors (Lipinski definition) is 3. The van der Waals surface area contributed by atoms with Gasteiger partial charge in [-0.1, -0.05) is 13.8 Å². The van der Waals surface area contributed by atoms with Gasteiger partial charge >= 0.3 is 0 Å². The van der Waals surface area contributed by atoms with Crippen LogP contribution in [0.4, 0.5) is 11.8 Å². The summed E-state index contributed by atoms with van der Waals surface area (Å²) in [6, 6.07) is 0. The second kappa shape index (κ2) is 4.87. The van der Waals surface area contributed by atoms with E-state index in [1.54, 1.807) is 0 Å². The van der Waals surface area contributed by atoms with Crippen molar-refractivity contribution >= 4 is 22.9 Å². The normalized spacial score (nSPS) is 20.5. The second-order valence-electron chi connectivity index (χ2n) is 6.30. The number of furan rings is 1. The highest BCUT2D eigenvalue weighted by molar-refractivity contribution is 5.88. The number of anilines is 2. The Morgan fingerprint density at radius 2 is 2.14 bits per heavy atom. The van der Waals surface area contributed by atoms with E-state index < -0.39 is 0 Å². The lowest BCUT2D eigenvalue weighted by Gasteiger charge is -2.37. The SMILES string of the molecule is CNc1nc(N)nc2c3c(oc12)C(C)(C)C(CCN)CC3. The van der Waals surface area contributed by atoms with Gasteiger partial charge in [0.15, 0.2) is 11.4 Å². The molecule has 0 aliphatic heterocycles. The predicted molar refractivity (Wildman–Crippen MR) is 84.3 cm³/mol. The highest BCUT2D eigenvalue weighted by Gasteiger charge is 2.41. The Morgan fingerprint density at radius 1 is 1.38 bits per heavy atom. The van der Waals surface area contributed by atoms with Gasteiger partial charge in [-0.3, -0.25) is 0 Å². The van der Waals surface area contributed by atoms with Crippen LogP contribution in [-0.4, -0.2) is 23.6 Å². The summed E-state index contributed by atoms with van der Waals surface area (Å²) in [6.07, 6.45) is 3.07. The Bertz CT molecular complexity index is 676. The summed E-state index contributed by atoms with van der Waals surface area (Å²) in [5.41, 5.74) is 14.3. The fourth-order valence-electron chi connectivity index (χ4n) is 3.53. The Hall–Kier alpha value is -1.82. The number of fused-ring (bicyclic) bond motifs is 3. The fraction of sp³-hybridized carbons (Fsp3) is 0.600. The maximum Gasteiger partial charge on any atom is 0.222 e. The minimum Gasteiger partial charge on any atom is -0.455 e. The van der Waals surface area contributed by atoms with E-state index in [1.807, 2.05) is 7.05 Å². The van der Waals surface area contributed by atoms with Gasteiger partial charge in [-0.05, 0) is 31.7 Å². The van der Waals surface area contributed by atoms with Crippen molar-refractivity contribution in [3.63, 3.8) is 0 Å². The van der Waals surface area contributed by atoms with Crippen molar-refractivity contribution < 1.29 is 4.42 Å². The molecule has 6 heteroatoms. The molecule has 0 bridgehead atoms. The third-order valence-corrected chi connectivity index (χ3v) is 4.75. The monoisotopic (exact) mass is 289 g/mol. The van der Waals surface area contributed by atoms with E-state index in [-0.39, 0.29) is 11.4 Å². The number of nitrogens with zero attached hydrogens (tertiary/aromatic N) is 2. The lowest BCUT2D eigenvalue weighted by molar-refractivity contribution is 0.225. The van der Waals surface area contributed by atoms with E-state index in [0.29, 0.717) is 23.9 Å². The summed E-state index contributed by atoms with van der Waals surface area (Å²) < 4.78 is 6.18. The fourth-order valence-corrected chi connectivity index (χ4v) is 3.53. The van der Waals surface area contributed by atoms with Crippen molar-refractivity contribution in [1.29, 1.82) is 0 Å². The first kappa shape index (κ1) is 14.1. The maximum absolute atomic E-state index is 6.18. The van der Waals surface area contributed by atoms with Crippen LogP contribution in [0.2, 0.25) is 0 Å². The first-order chi connectivity index (χ1) is 9.98. The molecule has 0 amide bonds. The molecule has 6 nitrogen and oxygen atoms in total. The van der Waals surface area contributed by atoms with Crippen molar-refractivity contribution in [3.05, 3.63) is 11.3 Å². The maximum atomic E-state index is 6.18. The van der Waals surface area contributed by atoms with E-state index in [2.05, 4.69) is 29.1 Å². The van der Waals surface area contributed by atoms with E-state index in [9.17, 15) is 0 Å². The zero-order chi connectivity index (χ0) is 15.2. The van der Waals surface area contributed by atoms with E-state index in [0.717, 1.165) is 30.5 Å². The van der Waals surface area contributed by atoms with Crippen molar-refractivity contribution in [2.75, 3.05) is 24.6 Å². The minimum atomic E-state index is -0.0482. The standard InChI is InChI=1S/C15H23N5O/c1-15(2)8(6-7-16)4-5-9-10-11(21-12(9)15)13(18-3)20-14(17)19-10/h8H,4-7,16H2,1-3H3,(H3,17,18,19,20). The smallest absolute Gasteiger partial charge is 0.222 e. The van der Waals surface area contributed by atoms with E-state index in [4.69, 9.17) is 15.9 Å². The topological polar surface area (TPSA) is 103 Å². The largest absolute Gasteiger partial charge is 0.455 e. The third kappa shape index (κ3) is 2.05. The molecule has 2 heterocycles. The summed E-state index contributed by atoms with van der Waals surface area (Å²) in [5, 5.41) is 3.04. The first-order valence-electron chi connectivity index (χ1n) is 7.46. The van der Waals surface area contributed by atoms with Crippen LogP contribution in [0.1, 0.15) is 38.0 Å². The minimum absolute atomic E-state index is 0.0482. The van der Waals surface area contributed by atoms with Crippen molar-refractivity contribution in [2.24, 2.45) is 11.7 Å². The average Bonchev–Trinajstić information content (AvgIpc) is 2.81. The van der Waals surface area contributed by atoms with Crippen molar-refractivity contribution in [2.45, 2.75) is 38.5 Å². The second-order valence-corrected chi connectivity index (χ2v) is 6.30. The van der Waals surface area contributed by atoms with Crippen molar-refractivity contribution in [1.82, 2.24) is 9.97 Å². The zero-order valence-electron chi connectivity index (χ0n) is 12.9.